The second-order valence-corrected chi connectivity index (χ2v) is 15.9. The van der Waals surface area contributed by atoms with Crippen molar-refractivity contribution in [3.05, 3.63) is 82.9 Å². The highest BCUT2D eigenvalue weighted by Gasteiger charge is 2.77. The Labute approximate surface area is 313 Å². The smallest absolute Gasteiger partial charge is 0.338 e. The summed E-state index contributed by atoms with van der Waals surface area (Å²) in [5.41, 5.74) is 0.935. The fraction of sp³-hybridized carbons (Fsp3) is 0.550. The molecule has 3 aliphatic carbocycles. The molecule has 2 aromatic rings. The molecule has 14 heteroatoms. The minimum atomic E-state index is -2.23. The number of amides is 1. The highest BCUT2D eigenvalue weighted by molar-refractivity contribution is 5.89. The van der Waals surface area contributed by atoms with Crippen LogP contribution in [0.25, 0.3) is 0 Å². The van der Waals surface area contributed by atoms with Gasteiger partial charge in [0.05, 0.1) is 30.2 Å². The molecule has 2 saturated carbocycles. The van der Waals surface area contributed by atoms with Crippen molar-refractivity contribution in [3.63, 3.8) is 0 Å². The summed E-state index contributed by atoms with van der Waals surface area (Å²) in [5.74, 6) is -4.47. The van der Waals surface area contributed by atoms with Gasteiger partial charge in [0.15, 0.2) is 11.7 Å². The van der Waals surface area contributed by atoms with Crippen LogP contribution in [0, 0.1) is 16.7 Å². The number of aliphatic hydroxyl groups is 4. The third-order valence-corrected chi connectivity index (χ3v) is 12.6. The molecule has 14 nitrogen and oxygen atoms in total. The fourth-order valence-electron chi connectivity index (χ4n) is 9.64. The summed E-state index contributed by atoms with van der Waals surface area (Å²) in [6, 6.07) is 14.3. The number of hydrogen-bond acceptors (Lipinski definition) is 13. The zero-order valence-electron chi connectivity index (χ0n) is 31.2. The van der Waals surface area contributed by atoms with Crippen LogP contribution in [0.1, 0.15) is 76.3 Å². The molecule has 1 aliphatic heterocycles. The SMILES string of the molecule is CC(=O)N[C@@H](c1ccccc1)[C@@H](O)C(=O)O[C@H]1C[C@@]2(O)[C@@H](OC(=O)c3ccccc3)[C@@H]3[C@]4(OC(C)=O)CO[C@@H]4C[C@H](N)[C@@]3(C)[C@@H](O)[C@H](O)C(=C1C)C2(C)C. The van der Waals surface area contributed by atoms with Gasteiger partial charge in [-0.15, -0.1) is 0 Å². The number of rotatable bonds is 8. The lowest BCUT2D eigenvalue weighted by Gasteiger charge is -2.69. The van der Waals surface area contributed by atoms with Crippen LogP contribution in [0.15, 0.2) is 71.8 Å². The summed E-state index contributed by atoms with van der Waals surface area (Å²) in [5, 5.41) is 52.0. The third kappa shape index (κ3) is 6.13. The van der Waals surface area contributed by atoms with E-state index < -0.39 is 107 Å². The van der Waals surface area contributed by atoms with Crippen molar-refractivity contribution in [2.45, 2.75) is 114 Å². The minimum Gasteiger partial charge on any atom is -0.456 e. The van der Waals surface area contributed by atoms with Gasteiger partial charge in [-0.1, -0.05) is 69.3 Å². The maximum Gasteiger partial charge on any atom is 0.338 e. The predicted octanol–water partition coefficient (Wildman–Crippen LogP) is 1.63. The summed E-state index contributed by atoms with van der Waals surface area (Å²) in [7, 11) is 0. The molecule has 2 bridgehead atoms. The Morgan fingerprint density at radius 2 is 1.57 bits per heavy atom. The largest absolute Gasteiger partial charge is 0.456 e. The van der Waals surface area contributed by atoms with Crippen LogP contribution in [-0.4, -0.2) is 105 Å². The van der Waals surface area contributed by atoms with E-state index in [1.807, 2.05) is 0 Å². The van der Waals surface area contributed by atoms with Gasteiger partial charge < -0.3 is 50.4 Å². The van der Waals surface area contributed by atoms with Crippen molar-refractivity contribution < 1.29 is 58.6 Å². The standard InChI is InChI=1S/C40H50N2O12/c1-20-25(52-36(49)31(46)29(42-21(2)43)23-13-9-7-10-14-23)18-40(50)34(53-35(48)24-15-11-8-12-16-24)32-38(6,33(47)30(45)28(20)37(40,4)5)26(41)17-27-39(32,19-51-27)54-22(3)44/h7-16,25-27,29-34,45-47,50H,17-19,41H2,1-6H3,(H,42,43)/t25-,26-,27+,29-,30+,31+,32-,33-,34-,38+,39-,40+/m0/s1. The molecule has 3 fully saturated rings. The molecule has 7 N–H and O–H groups in total. The average molecular weight is 751 g/mol. The van der Waals surface area contributed by atoms with Crippen molar-refractivity contribution in [1.29, 1.82) is 0 Å². The molecule has 1 amide bonds. The maximum atomic E-state index is 14.1. The number of aliphatic hydroxyl groups excluding tert-OH is 3. The van der Waals surface area contributed by atoms with E-state index in [4.69, 9.17) is 24.7 Å². The van der Waals surface area contributed by atoms with Crippen molar-refractivity contribution >= 4 is 23.8 Å². The van der Waals surface area contributed by atoms with Crippen molar-refractivity contribution in [3.8, 4) is 0 Å². The van der Waals surface area contributed by atoms with E-state index >= 15 is 0 Å². The Hall–Kier alpha value is -4.18. The average Bonchev–Trinajstić information content (AvgIpc) is 3.12. The van der Waals surface area contributed by atoms with Gasteiger partial charge in [-0.3, -0.25) is 9.59 Å². The number of fused-ring (bicyclic) bond motifs is 5. The van der Waals surface area contributed by atoms with Crippen molar-refractivity contribution in [2.75, 3.05) is 6.61 Å². The lowest BCUT2D eigenvalue weighted by Crippen LogP contribution is -2.83. The molecule has 6 rings (SSSR count). The van der Waals surface area contributed by atoms with Crippen LogP contribution in [0.2, 0.25) is 0 Å². The molecule has 0 radical (unpaired) electrons. The molecule has 0 aromatic heterocycles. The quantitative estimate of drug-likeness (QED) is 0.128. The Morgan fingerprint density at radius 3 is 2.13 bits per heavy atom. The Balaban J connectivity index is 1.52. The minimum absolute atomic E-state index is 0.109. The number of hydrogen-bond donors (Lipinski definition) is 6. The molecule has 54 heavy (non-hydrogen) atoms. The van der Waals surface area contributed by atoms with Crippen LogP contribution in [-0.2, 0) is 33.3 Å². The van der Waals surface area contributed by atoms with Crippen LogP contribution < -0.4 is 11.1 Å². The molecule has 4 aliphatic rings. The highest BCUT2D eigenvalue weighted by Crippen LogP contribution is 2.64. The third-order valence-electron chi connectivity index (χ3n) is 12.6. The van der Waals surface area contributed by atoms with Gasteiger partial charge in [-0.05, 0) is 42.2 Å². The first kappa shape index (κ1) is 39.5. The van der Waals surface area contributed by atoms with Gasteiger partial charge in [0.2, 0.25) is 5.91 Å². The molecule has 0 spiro atoms. The summed E-state index contributed by atoms with van der Waals surface area (Å²) in [6.07, 6.45) is -9.43. The number of ether oxygens (including phenoxy) is 4. The first-order valence-electron chi connectivity index (χ1n) is 18.1. The monoisotopic (exact) mass is 750 g/mol. The Bertz CT molecular complexity index is 1820. The van der Waals surface area contributed by atoms with Crippen molar-refractivity contribution in [2.24, 2.45) is 22.5 Å². The molecule has 0 unspecified atom stereocenters. The molecular weight excluding hydrogens is 700 g/mol. The van der Waals surface area contributed by atoms with E-state index in [1.54, 1.807) is 76.2 Å². The van der Waals surface area contributed by atoms with Crippen LogP contribution in [0.4, 0.5) is 0 Å². The van der Waals surface area contributed by atoms with Gasteiger partial charge in [-0.2, -0.15) is 0 Å². The van der Waals surface area contributed by atoms with Gasteiger partial charge in [0.25, 0.3) is 0 Å². The lowest BCUT2D eigenvalue weighted by molar-refractivity contribution is -0.351. The summed E-state index contributed by atoms with van der Waals surface area (Å²) < 4.78 is 24.3. The zero-order chi connectivity index (χ0) is 39.5. The molecule has 1 saturated heterocycles. The second kappa shape index (κ2) is 14.2. The van der Waals surface area contributed by atoms with E-state index in [0.717, 1.165) is 0 Å². The Kier molecular flexibility index (Phi) is 10.4. The number of nitrogens with two attached hydrogens (primary N) is 1. The number of nitrogens with one attached hydrogen (secondary N) is 1. The van der Waals surface area contributed by atoms with Crippen LogP contribution >= 0.6 is 0 Å². The summed E-state index contributed by atoms with van der Waals surface area (Å²) >= 11 is 0. The van der Waals surface area contributed by atoms with Gasteiger partial charge in [-0.25, -0.2) is 9.59 Å². The molecular formula is C40H50N2O12. The highest BCUT2D eigenvalue weighted by atomic mass is 16.6. The molecule has 1 heterocycles. The van der Waals surface area contributed by atoms with Gasteiger partial charge in [0, 0.05) is 37.1 Å². The normalized spacial score (nSPS) is 36.4. The molecule has 12 atom stereocenters. The predicted molar refractivity (Wildman–Crippen MR) is 191 cm³/mol. The van der Waals surface area contributed by atoms with E-state index in [0.29, 0.717) is 5.56 Å². The second-order valence-electron chi connectivity index (χ2n) is 15.9. The van der Waals surface area contributed by atoms with Crippen LogP contribution in [0.5, 0.6) is 0 Å². The number of carbonyl (C=O) groups excluding carboxylic acids is 4. The fourth-order valence-corrected chi connectivity index (χ4v) is 9.64. The van der Waals surface area contributed by atoms with Crippen LogP contribution in [0.3, 0.4) is 0 Å². The van der Waals surface area contributed by atoms with Gasteiger partial charge in [0.1, 0.15) is 30.0 Å². The first-order valence-corrected chi connectivity index (χ1v) is 18.1. The first-order chi connectivity index (χ1) is 25.3. The van der Waals surface area contributed by atoms with E-state index in [1.165, 1.54) is 26.0 Å². The van der Waals surface area contributed by atoms with Crippen molar-refractivity contribution in [1.82, 2.24) is 5.32 Å². The summed E-state index contributed by atoms with van der Waals surface area (Å²) in [4.78, 5) is 52.9. The molecule has 292 valence electrons. The number of carbonyl (C=O) groups is 4. The Morgan fingerprint density at radius 1 is 0.963 bits per heavy atom. The molecule has 2 aromatic carbocycles. The lowest BCUT2D eigenvalue weighted by atomic mass is 9.44. The topological polar surface area (TPSA) is 224 Å². The zero-order valence-corrected chi connectivity index (χ0v) is 31.2. The number of benzene rings is 2. The summed E-state index contributed by atoms with van der Waals surface area (Å²) in [6.45, 7) is 8.72. The van der Waals surface area contributed by atoms with E-state index in [-0.39, 0.29) is 29.7 Å². The van der Waals surface area contributed by atoms with Gasteiger partial charge >= 0.3 is 17.9 Å². The maximum absolute atomic E-state index is 14.1. The number of esters is 3. The van der Waals surface area contributed by atoms with E-state index in [9.17, 15) is 39.6 Å². The van der Waals surface area contributed by atoms with E-state index in [2.05, 4.69) is 5.32 Å².